The van der Waals surface area contributed by atoms with Crippen molar-refractivity contribution >= 4 is 8.25 Å². The topological polar surface area (TPSA) is 115 Å². The molecule has 8 heteroatoms. The second kappa shape index (κ2) is 54.7. The van der Waals surface area contributed by atoms with Crippen LogP contribution in [0.3, 0.4) is 0 Å². The number of hydrogen-bond donors (Lipinski definition) is 2. The summed E-state index contributed by atoms with van der Waals surface area (Å²) in [6.07, 6.45) is 3.50. The largest absolute Gasteiger partial charge is 1.00 e. The molecule has 0 unspecified atom stereocenters. The van der Waals surface area contributed by atoms with Crippen LogP contribution < -0.4 is 80.4 Å². The number of rotatable bonds is 1. The van der Waals surface area contributed by atoms with Crippen molar-refractivity contribution in [2.75, 3.05) is 13.1 Å². The van der Waals surface area contributed by atoms with Crippen molar-refractivity contribution in [3.8, 4) is 0 Å². The first-order chi connectivity index (χ1) is 6.47. The van der Waals surface area contributed by atoms with E-state index >= 15 is 0 Å². The van der Waals surface area contributed by atoms with Gasteiger partial charge in [-0.25, -0.2) is 0 Å². The maximum Gasteiger partial charge on any atom is 1.00 e. The number of nitrogens with two attached hydrogens (primary N) is 2. The van der Waals surface area contributed by atoms with Crippen LogP contribution in [0.2, 0.25) is 0 Å². The minimum atomic E-state index is -3.63. The van der Waals surface area contributed by atoms with Gasteiger partial charge in [-0.15, -0.1) is 13.2 Å². The summed E-state index contributed by atoms with van der Waals surface area (Å²) in [4.78, 5) is 17.0. The van der Waals surface area contributed by atoms with Crippen LogP contribution in [0.1, 0.15) is 13.8 Å². The smallest absolute Gasteiger partial charge is 0.813 e. The van der Waals surface area contributed by atoms with Gasteiger partial charge in [0.15, 0.2) is 0 Å². The summed E-state index contributed by atoms with van der Waals surface area (Å²) >= 11 is 0. The van der Waals surface area contributed by atoms with Crippen molar-refractivity contribution in [1.82, 2.24) is 0 Å². The molecule has 0 rings (SSSR count). The molecule has 0 aliphatic carbocycles. The van der Waals surface area contributed by atoms with Crippen molar-refractivity contribution in [2.45, 2.75) is 13.8 Å². The SMILES string of the molecule is C=CC.C=CC.NCCN.O=[PH]([O-])[O-].[Na+].[Na+]. The first-order valence-electron chi connectivity index (χ1n) is 3.90. The molecule has 0 bridgehead atoms. The zero-order valence-corrected chi connectivity index (χ0v) is 15.9. The van der Waals surface area contributed by atoms with Gasteiger partial charge in [0.05, 0.1) is 0 Å². The maximum absolute atomic E-state index is 8.52. The molecule has 4 N–H and O–H groups in total. The zero-order chi connectivity index (χ0) is 12.4. The molecule has 0 saturated heterocycles. The maximum atomic E-state index is 8.52. The average Bonchev–Trinajstić information content (AvgIpc) is 2.06. The van der Waals surface area contributed by atoms with Crippen molar-refractivity contribution in [1.29, 1.82) is 0 Å². The second-order valence-electron chi connectivity index (χ2n) is 1.64. The Labute approximate surface area is 144 Å². The van der Waals surface area contributed by atoms with Crippen LogP contribution in [0.15, 0.2) is 25.3 Å². The van der Waals surface area contributed by atoms with Gasteiger partial charge < -0.3 is 25.8 Å². The Kier molecular flexibility index (Phi) is 123. The third-order valence-electron chi connectivity index (χ3n) is 0.167. The summed E-state index contributed by atoms with van der Waals surface area (Å²) < 4.78 is 8.52. The molecule has 0 aliphatic rings. The van der Waals surface area contributed by atoms with Gasteiger partial charge in [-0.2, -0.15) is 0 Å². The van der Waals surface area contributed by atoms with Crippen LogP contribution in [0.25, 0.3) is 0 Å². The van der Waals surface area contributed by atoms with Crippen molar-refractivity contribution < 1.29 is 73.5 Å². The quantitative estimate of drug-likeness (QED) is 0.279. The molecule has 0 aromatic heterocycles. The molecule has 0 aromatic rings. The molecule has 16 heavy (non-hydrogen) atoms. The molecule has 0 saturated carbocycles. The van der Waals surface area contributed by atoms with Gasteiger partial charge in [0.25, 0.3) is 0 Å². The Balaban J connectivity index is -0.0000000202. The molecule has 0 atom stereocenters. The summed E-state index contributed by atoms with van der Waals surface area (Å²) in [5.41, 5.74) is 9.81. The number of hydrogen-bond acceptors (Lipinski definition) is 5. The normalized spacial score (nSPS) is 5.69. The van der Waals surface area contributed by atoms with Crippen molar-refractivity contribution in [3.63, 3.8) is 0 Å². The van der Waals surface area contributed by atoms with Crippen molar-refractivity contribution in [3.05, 3.63) is 25.3 Å². The molecule has 5 nitrogen and oxygen atoms in total. The monoisotopic (exact) mass is 270 g/mol. The van der Waals surface area contributed by atoms with E-state index in [1.165, 1.54) is 0 Å². The van der Waals surface area contributed by atoms with Crippen LogP contribution in [0, 0.1) is 0 Å². The van der Waals surface area contributed by atoms with E-state index in [2.05, 4.69) is 13.2 Å². The minimum Gasteiger partial charge on any atom is -0.813 e. The molecule has 0 radical (unpaired) electrons. The Hall–Kier alpha value is 1.55. The van der Waals surface area contributed by atoms with E-state index in [4.69, 9.17) is 25.8 Å². The predicted molar refractivity (Wildman–Crippen MR) is 58.9 cm³/mol. The first kappa shape index (κ1) is 36.0. The molecule has 0 aromatic carbocycles. The number of allylic oxidation sites excluding steroid dienone is 2. The van der Waals surface area contributed by atoms with E-state index in [0.717, 1.165) is 0 Å². The van der Waals surface area contributed by atoms with Gasteiger partial charge >= 0.3 is 59.1 Å². The van der Waals surface area contributed by atoms with Crippen LogP contribution >= 0.6 is 8.25 Å². The predicted octanol–water partition coefficient (Wildman–Crippen LogP) is -6.61. The average molecular weight is 270 g/mol. The fourth-order valence-corrected chi connectivity index (χ4v) is 0. The third kappa shape index (κ3) is 506. The summed E-state index contributed by atoms with van der Waals surface area (Å²) in [5, 5.41) is 0. The molecule has 0 spiro atoms. The Morgan fingerprint density at radius 3 is 1.12 bits per heavy atom. The molecule has 0 heterocycles. The van der Waals surface area contributed by atoms with Gasteiger partial charge in [-0.3, -0.25) is 0 Å². The first-order valence-corrected chi connectivity index (χ1v) is 5.12. The summed E-state index contributed by atoms with van der Waals surface area (Å²) in [6.45, 7) is 11.7. The third-order valence-corrected chi connectivity index (χ3v) is 0.167. The summed E-state index contributed by atoms with van der Waals surface area (Å²) in [6, 6.07) is 0. The van der Waals surface area contributed by atoms with E-state index < -0.39 is 8.25 Å². The van der Waals surface area contributed by atoms with Gasteiger partial charge in [-0.1, -0.05) is 20.4 Å². The Morgan fingerprint density at radius 1 is 1.06 bits per heavy atom. The van der Waals surface area contributed by atoms with Gasteiger partial charge in [-0.05, 0) is 13.8 Å². The fraction of sp³-hybridized carbons (Fsp3) is 0.500. The zero-order valence-electron chi connectivity index (χ0n) is 10.9. The van der Waals surface area contributed by atoms with E-state index in [1.54, 1.807) is 12.2 Å². The standard InChI is InChI=1S/2C3H6.C2H8N2.2Na.H3O3P/c2*1-3-2;3-1-2-4;;;1-4(2)3/h2*3H,1H2,2H3;1-4H2;;;4H,(H2,1,2,3)/q;;;2*+1;/p-2. The van der Waals surface area contributed by atoms with Gasteiger partial charge in [0, 0.05) is 13.1 Å². The van der Waals surface area contributed by atoms with Gasteiger partial charge in [0.2, 0.25) is 0 Å². The van der Waals surface area contributed by atoms with E-state index in [9.17, 15) is 0 Å². The molecule has 88 valence electrons. The fourth-order valence-electron chi connectivity index (χ4n) is 0. The molecule has 0 aliphatic heterocycles. The van der Waals surface area contributed by atoms with Crippen molar-refractivity contribution in [2.24, 2.45) is 11.5 Å². The molecule has 0 fully saturated rings. The Morgan fingerprint density at radius 2 is 1.12 bits per heavy atom. The minimum absolute atomic E-state index is 0. The van der Waals surface area contributed by atoms with Gasteiger partial charge in [0.1, 0.15) is 0 Å². The summed E-state index contributed by atoms with van der Waals surface area (Å²) in [7, 11) is -3.63. The van der Waals surface area contributed by atoms with Crippen LogP contribution in [0.4, 0.5) is 0 Å². The van der Waals surface area contributed by atoms with Crippen LogP contribution in [-0.2, 0) is 4.57 Å². The second-order valence-corrected chi connectivity index (χ2v) is 2.14. The molecular weight excluding hydrogens is 249 g/mol. The van der Waals surface area contributed by atoms with E-state index in [-0.39, 0.29) is 59.1 Å². The van der Waals surface area contributed by atoms with Crippen LogP contribution in [-0.4, -0.2) is 13.1 Å². The Bertz CT molecular complexity index is 118. The van der Waals surface area contributed by atoms with Crippen LogP contribution in [0.5, 0.6) is 0 Å². The van der Waals surface area contributed by atoms with E-state index in [0.29, 0.717) is 13.1 Å². The summed E-state index contributed by atoms with van der Waals surface area (Å²) in [5.74, 6) is 0. The molecular formula is C8H21N2Na2O3P. The molecule has 0 amide bonds. The van der Waals surface area contributed by atoms with E-state index in [1.807, 2.05) is 13.8 Å².